The highest BCUT2D eigenvalue weighted by Crippen LogP contribution is 2.19. The predicted octanol–water partition coefficient (Wildman–Crippen LogP) is 2.22. The summed E-state index contributed by atoms with van der Waals surface area (Å²) in [7, 11) is 0. The minimum absolute atomic E-state index is 0.0514. The van der Waals surface area contributed by atoms with Gasteiger partial charge in [-0.05, 0) is 31.9 Å². The summed E-state index contributed by atoms with van der Waals surface area (Å²) in [6.07, 6.45) is 1.63. The third-order valence-electron chi connectivity index (χ3n) is 4.70. The normalized spacial score (nSPS) is 15.3. The average molecular weight is 352 g/mol. The van der Waals surface area contributed by atoms with Crippen molar-refractivity contribution in [2.45, 2.75) is 25.8 Å². The second kappa shape index (κ2) is 6.67. The lowest BCUT2D eigenvalue weighted by molar-refractivity contribution is 0.0903. The molecule has 1 aliphatic rings. The molecular formula is C19H20N4O3. The first-order chi connectivity index (χ1) is 12.6. The van der Waals surface area contributed by atoms with Gasteiger partial charge in [-0.25, -0.2) is 0 Å². The molecule has 1 fully saturated rings. The molecule has 3 aromatic rings. The zero-order valence-corrected chi connectivity index (χ0v) is 14.5. The minimum atomic E-state index is -0.345. The molecule has 0 spiro atoms. The summed E-state index contributed by atoms with van der Waals surface area (Å²) in [5.74, 6) is 0.647. The van der Waals surface area contributed by atoms with Crippen LogP contribution in [0.5, 0.6) is 0 Å². The zero-order chi connectivity index (χ0) is 18.1. The number of rotatable bonds is 3. The van der Waals surface area contributed by atoms with Crippen LogP contribution in [-0.4, -0.2) is 35.2 Å². The van der Waals surface area contributed by atoms with E-state index in [0.717, 1.165) is 37.4 Å². The van der Waals surface area contributed by atoms with Crippen molar-refractivity contribution in [3.63, 3.8) is 0 Å². The first-order valence-corrected chi connectivity index (χ1v) is 8.71. The molecule has 26 heavy (non-hydrogen) atoms. The SMILES string of the molecule is Cc1cc(N2CCC(NC(=O)c3cc(=O)c4ccccc4o3)CC2)n[nH]1. The van der Waals surface area contributed by atoms with Gasteiger partial charge in [0.1, 0.15) is 5.58 Å². The van der Waals surface area contributed by atoms with Crippen LogP contribution in [0.4, 0.5) is 5.82 Å². The van der Waals surface area contributed by atoms with Crippen LogP contribution in [0.25, 0.3) is 11.0 Å². The Kier molecular flexibility index (Phi) is 4.20. The van der Waals surface area contributed by atoms with E-state index in [2.05, 4.69) is 20.4 Å². The molecule has 1 saturated heterocycles. The maximum absolute atomic E-state index is 12.5. The quantitative estimate of drug-likeness (QED) is 0.754. The highest BCUT2D eigenvalue weighted by Gasteiger charge is 2.23. The molecule has 0 bridgehead atoms. The molecule has 134 valence electrons. The number of fused-ring (bicyclic) bond motifs is 1. The summed E-state index contributed by atoms with van der Waals surface area (Å²) in [5, 5.41) is 10.7. The van der Waals surface area contributed by atoms with Crippen molar-refractivity contribution in [3.05, 3.63) is 58.1 Å². The second-order valence-electron chi connectivity index (χ2n) is 6.62. The van der Waals surface area contributed by atoms with Crippen molar-refractivity contribution in [2.24, 2.45) is 0 Å². The number of anilines is 1. The predicted molar refractivity (Wildman–Crippen MR) is 98.5 cm³/mol. The van der Waals surface area contributed by atoms with Crippen LogP contribution >= 0.6 is 0 Å². The van der Waals surface area contributed by atoms with Crippen LogP contribution < -0.4 is 15.6 Å². The summed E-state index contributed by atoms with van der Waals surface area (Å²) in [5.41, 5.74) is 1.25. The van der Waals surface area contributed by atoms with Crippen molar-refractivity contribution >= 4 is 22.7 Å². The monoisotopic (exact) mass is 352 g/mol. The molecule has 0 radical (unpaired) electrons. The number of nitrogens with zero attached hydrogens (tertiary/aromatic N) is 2. The summed E-state index contributed by atoms with van der Waals surface area (Å²) in [6.45, 7) is 3.61. The summed E-state index contributed by atoms with van der Waals surface area (Å²) in [6, 6.07) is 10.3. The zero-order valence-electron chi connectivity index (χ0n) is 14.5. The third kappa shape index (κ3) is 3.20. The van der Waals surface area contributed by atoms with Gasteiger partial charge >= 0.3 is 0 Å². The minimum Gasteiger partial charge on any atom is -0.451 e. The van der Waals surface area contributed by atoms with E-state index in [1.165, 1.54) is 6.07 Å². The fourth-order valence-electron chi connectivity index (χ4n) is 3.29. The summed E-state index contributed by atoms with van der Waals surface area (Å²) < 4.78 is 5.60. The smallest absolute Gasteiger partial charge is 0.287 e. The van der Waals surface area contributed by atoms with E-state index < -0.39 is 0 Å². The van der Waals surface area contributed by atoms with Gasteiger partial charge in [0, 0.05) is 37.0 Å². The lowest BCUT2D eigenvalue weighted by Crippen LogP contribution is -2.45. The van der Waals surface area contributed by atoms with Crippen LogP contribution in [0.1, 0.15) is 29.1 Å². The Morgan fingerprint density at radius 1 is 1.27 bits per heavy atom. The van der Waals surface area contributed by atoms with Gasteiger partial charge in [0.05, 0.1) is 5.39 Å². The fraction of sp³-hybridized carbons (Fsp3) is 0.316. The van der Waals surface area contributed by atoms with Crippen LogP contribution in [0.2, 0.25) is 0 Å². The maximum Gasteiger partial charge on any atom is 0.287 e. The molecular weight excluding hydrogens is 332 g/mol. The van der Waals surface area contributed by atoms with Gasteiger partial charge < -0.3 is 14.6 Å². The van der Waals surface area contributed by atoms with Gasteiger partial charge in [0.2, 0.25) is 0 Å². The molecule has 0 aliphatic carbocycles. The number of carbonyl (C=O) groups excluding carboxylic acids is 1. The van der Waals surface area contributed by atoms with Crippen LogP contribution in [0.3, 0.4) is 0 Å². The molecule has 1 aromatic carbocycles. The molecule has 2 aromatic heterocycles. The molecule has 4 rings (SSSR count). The Labute approximate surface area is 150 Å². The Balaban J connectivity index is 1.42. The molecule has 0 unspecified atom stereocenters. The number of hydrogen-bond donors (Lipinski definition) is 2. The van der Waals surface area contributed by atoms with E-state index in [4.69, 9.17) is 4.42 Å². The van der Waals surface area contributed by atoms with Gasteiger partial charge in [0.25, 0.3) is 5.91 Å². The Hall–Kier alpha value is -3.09. The first-order valence-electron chi connectivity index (χ1n) is 8.71. The number of para-hydroxylation sites is 1. The average Bonchev–Trinajstić information content (AvgIpc) is 3.09. The number of hydrogen-bond acceptors (Lipinski definition) is 5. The molecule has 0 saturated carbocycles. The van der Waals surface area contributed by atoms with Gasteiger partial charge in [0.15, 0.2) is 17.0 Å². The fourth-order valence-corrected chi connectivity index (χ4v) is 3.29. The van der Waals surface area contributed by atoms with E-state index in [-0.39, 0.29) is 23.1 Å². The number of aromatic amines is 1. The number of amides is 1. The van der Waals surface area contributed by atoms with Crippen LogP contribution in [-0.2, 0) is 0 Å². The number of nitrogens with one attached hydrogen (secondary N) is 2. The standard InChI is InChI=1S/C19H20N4O3/c1-12-10-18(22-21-12)23-8-6-13(7-9-23)20-19(25)17-11-15(24)14-4-2-3-5-16(14)26-17/h2-5,10-11,13H,6-9H2,1H3,(H,20,25)(H,21,22). The highest BCUT2D eigenvalue weighted by molar-refractivity contribution is 5.93. The van der Waals surface area contributed by atoms with Crippen molar-refractivity contribution < 1.29 is 9.21 Å². The molecule has 3 heterocycles. The topological polar surface area (TPSA) is 91.2 Å². The van der Waals surface area contributed by atoms with Gasteiger partial charge in [-0.1, -0.05) is 12.1 Å². The van der Waals surface area contributed by atoms with Crippen LogP contribution in [0.15, 0.2) is 45.6 Å². The van der Waals surface area contributed by atoms with Crippen molar-refractivity contribution in [2.75, 3.05) is 18.0 Å². The number of aromatic nitrogens is 2. The first kappa shape index (κ1) is 16.4. The third-order valence-corrected chi connectivity index (χ3v) is 4.70. The number of benzene rings is 1. The Morgan fingerprint density at radius 3 is 2.77 bits per heavy atom. The highest BCUT2D eigenvalue weighted by atomic mass is 16.3. The number of piperidine rings is 1. The van der Waals surface area contributed by atoms with E-state index in [1.54, 1.807) is 24.3 Å². The van der Waals surface area contributed by atoms with Crippen molar-refractivity contribution in [1.29, 1.82) is 0 Å². The van der Waals surface area contributed by atoms with Crippen LogP contribution in [0, 0.1) is 6.92 Å². The molecule has 2 N–H and O–H groups in total. The largest absolute Gasteiger partial charge is 0.451 e. The van der Waals surface area contributed by atoms with Crippen molar-refractivity contribution in [1.82, 2.24) is 15.5 Å². The van der Waals surface area contributed by atoms with E-state index in [1.807, 2.05) is 13.0 Å². The summed E-state index contributed by atoms with van der Waals surface area (Å²) in [4.78, 5) is 26.8. The second-order valence-corrected chi connectivity index (χ2v) is 6.62. The summed E-state index contributed by atoms with van der Waals surface area (Å²) >= 11 is 0. The number of aryl methyl sites for hydroxylation is 1. The van der Waals surface area contributed by atoms with Crippen molar-refractivity contribution in [3.8, 4) is 0 Å². The van der Waals surface area contributed by atoms with E-state index in [0.29, 0.717) is 11.0 Å². The van der Waals surface area contributed by atoms with Gasteiger partial charge in [-0.3, -0.25) is 14.7 Å². The molecule has 1 amide bonds. The molecule has 7 nitrogen and oxygen atoms in total. The number of H-pyrrole nitrogens is 1. The van der Waals surface area contributed by atoms with Gasteiger partial charge in [-0.2, -0.15) is 5.10 Å². The number of carbonyl (C=O) groups is 1. The molecule has 1 aliphatic heterocycles. The molecule has 0 atom stereocenters. The molecule has 7 heteroatoms. The lowest BCUT2D eigenvalue weighted by atomic mass is 10.0. The van der Waals surface area contributed by atoms with Gasteiger partial charge in [-0.15, -0.1) is 0 Å². The lowest BCUT2D eigenvalue weighted by Gasteiger charge is -2.32. The van der Waals surface area contributed by atoms with E-state index >= 15 is 0 Å². The maximum atomic E-state index is 12.5. The Bertz CT molecular complexity index is 999. The Morgan fingerprint density at radius 2 is 2.04 bits per heavy atom. The van der Waals surface area contributed by atoms with E-state index in [9.17, 15) is 9.59 Å².